The molecule has 1 aliphatic heterocycles. The lowest BCUT2D eigenvalue weighted by atomic mass is 9.66. The number of carbonyl (C=O) groups excluding carboxylic acids is 3. The Kier molecular flexibility index (Phi) is 7.55. The standard InChI is InChI=1S/C30H41N5O4/c1-29(13-14-29)24(20-6-5-7-20)25(33-26(36)23-12-17-31-35(23)4)27(37)32-22-10-8-21(9-11-22)30(28(38)34(2)3)15-18-39-19-16-30/h8-12,17,20,24-25H,5-7,13-16,18-19H2,1-4H3,(H,32,37)(H,33,36)/t24?,25-/m0/s1. The van der Waals surface area contributed by atoms with Crippen LogP contribution in [0.4, 0.5) is 5.69 Å². The molecule has 1 aromatic carbocycles. The van der Waals surface area contributed by atoms with Crippen molar-refractivity contribution < 1.29 is 19.1 Å². The molecule has 39 heavy (non-hydrogen) atoms. The molecule has 3 aliphatic rings. The molecule has 9 nitrogen and oxygen atoms in total. The second-order valence-electron chi connectivity index (χ2n) is 12.1. The number of benzene rings is 1. The van der Waals surface area contributed by atoms with E-state index in [0.29, 0.717) is 43.4 Å². The first-order valence-electron chi connectivity index (χ1n) is 14.1. The molecule has 210 valence electrons. The van der Waals surface area contributed by atoms with Gasteiger partial charge >= 0.3 is 0 Å². The molecule has 2 saturated carbocycles. The highest BCUT2D eigenvalue weighted by atomic mass is 16.5. The van der Waals surface area contributed by atoms with Gasteiger partial charge in [0.05, 0.1) is 5.41 Å². The molecule has 9 heteroatoms. The van der Waals surface area contributed by atoms with Crippen molar-refractivity contribution in [3.05, 3.63) is 47.8 Å². The predicted molar refractivity (Wildman–Crippen MR) is 148 cm³/mol. The van der Waals surface area contributed by atoms with E-state index in [-0.39, 0.29) is 29.1 Å². The summed E-state index contributed by atoms with van der Waals surface area (Å²) in [5.74, 6) is 0.0801. The average Bonchev–Trinajstić information content (AvgIpc) is 3.49. The number of carbonyl (C=O) groups is 3. The number of aryl methyl sites for hydroxylation is 1. The van der Waals surface area contributed by atoms with Crippen LogP contribution in [0.25, 0.3) is 0 Å². The summed E-state index contributed by atoms with van der Waals surface area (Å²) in [7, 11) is 5.29. The van der Waals surface area contributed by atoms with Crippen molar-refractivity contribution in [1.29, 1.82) is 0 Å². The Morgan fingerprint density at radius 3 is 2.23 bits per heavy atom. The van der Waals surface area contributed by atoms with Crippen molar-refractivity contribution in [2.24, 2.45) is 24.3 Å². The van der Waals surface area contributed by atoms with E-state index in [0.717, 1.165) is 31.2 Å². The molecule has 2 atom stereocenters. The summed E-state index contributed by atoms with van der Waals surface area (Å²) in [5, 5.41) is 10.3. The number of nitrogens with one attached hydrogen (secondary N) is 2. The molecule has 1 aromatic heterocycles. The number of amides is 3. The summed E-state index contributed by atoms with van der Waals surface area (Å²) in [6.45, 7) is 3.32. The molecular weight excluding hydrogens is 494 g/mol. The summed E-state index contributed by atoms with van der Waals surface area (Å²) >= 11 is 0. The Morgan fingerprint density at radius 2 is 1.72 bits per heavy atom. The minimum Gasteiger partial charge on any atom is -0.381 e. The molecule has 2 aliphatic carbocycles. The Hall–Kier alpha value is -3.20. The van der Waals surface area contributed by atoms with E-state index in [9.17, 15) is 14.4 Å². The van der Waals surface area contributed by atoms with E-state index in [1.54, 1.807) is 38.3 Å². The Balaban J connectivity index is 1.38. The van der Waals surface area contributed by atoms with Gasteiger partial charge in [-0.25, -0.2) is 0 Å². The van der Waals surface area contributed by atoms with Crippen LogP contribution in [-0.4, -0.2) is 65.8 Å². The van der Waals surface area contributed by atoms with Gasteiger partial charge < -0.3 is 20.3 Å². The molecule has 1 saturated heterocycles. The maximum atomic E-state index is 13.9. The molecule has 0 bridgehead atoms. The monoisotopic (exact) mass is 535 g/mol. The molecule has 2 N–H and O–H groups in total. The van der Waals surface area contributed by atoms with Gasteiger partial charge in [-0.3, -0.25) is 19.1 Å². The van der Waals surface area contributed by atoms with E-state index < -0.39 is 11.5 Å². The van der Waals surface area contributed by atoms with Gasteiger partial charge in [-0.05, 0) is 66.7 Å². The van der Waals surface area contributed by atoms with Crippen LogP contribution in [-0.2, 0) is 26.8 Å². The summed E-state index contributed by atoms with van der Waals surface area (Å²) in [4.78, 5) is 42.0. The minimum absolute atomic E-state index is 0.0542. The number of rotatable bonds is 9. The van der Waals surface area contributed by atoms with E-state index in [4.69, 9.17) is 4.74 Å². The van der Waals surface area contributed by atoms with Gasteiger partial charge in [0.1, 0.15) is 11.7 Å². The first-order chi connectivity index (χ1) is 18.6. The molecule has 2 aromatic rings. The van der Waals surface area contributed by atoms with E-state index in [1.807, 2.05) is 24.3 Å². The number of likely N-dealkylation sites (N-methyl/N-ethyl adjacent to an activating group) is 1. The van der Waals surface area contributed by atoms with Crippen molar-refractivity contribution in [2.45, 2.75) is 63.3 Å². The third-order valence-corrected chi connectivity index (χ3v) is 9.35. The lowest BCUT2D eigenvalue weighted by Crippen LogP contribution is -2.54. The fourth-order valence-electron chi connectivity index (χ4n) is 6.57. The second kappa shape index (κ2) is 10.8. The van der Waals surface area contributed by atoms with Crippen molar-refractivity contribution in [1.82, 2.24) is 20.0 Å². The fraction of sp³-hybridized carbons (Fsp3) is 0.600. The van der Waals surface area contributed by atoms with Gasteiger partial charge in [0.2, 0.25) is 11.8 Å². The SMILES string of the molecule is CN(C)C(=O)C1(c2ccc(NC(=O)[C@@H](NC(=O)c3ccnn3C)C(C3CCC3)C3(C)CC3)cc2)CCOCC1. The maximum Gasteiger partial charge on any atom is 0.270 e. The summed E-state index contributed by atoms with van der Waals surface area (Å²) in [6, 6.07) is 8.63. The Bertz CT molecular complexity index is 1210. The lowest BCUT2D eigenvalue weighted by Gasteiger charge is -2.42. The van der Waals surface area contributed by atoms with Crippen molar-refractivity contribution >= 4 is 23.4 Å². The van der Waals surface area contributed by atoms with E-state index >= 15 is 0 Å². The third-order valence-electron chi connectivity index (χ3n) is 9.35. The van der Waals surface area contributed by atoms with Crippen LogP contribution < -0.4 is 10.6 Å². The molecule has 1 unspecified atom stereocenters. The van der Waals surface area contributed by atoms with Crippen LogP contribution >= 0.6 is 0 Å². The first-order valence-corrected chi connectivity index (χ1v) is 14.1. The summed E-state index contributed by atoms with van der Waals surface area (Å²) in [6.07, 6.45) is 8.32. The number of nitrogens with zero attached hydrogens (tertiary/aromatic N) is 3. The van der Waals surface area contributed by atoms with Gasteiger partial charge in [-0.15, -0.1) is 0 Å². The number of aromatic nitrogens is 2. The zero-order valence-corrected chi connectivity index (χ0v) is 23.5. The number of hydrogen-bond donors (Lipinski definition) is 2. The van der Waals surface area contributed by atoms with Crippen LogP contribution in [0, 0.1) is 17.3 Å². The average molecular weight is 536 g/mol. The normalized spacial score (nSPS) is 21.2. The highest BCUT2D eigenvalue weighted by molar-refractivity contribution is 6.01. The van der Waals surface area contributed by atoms with Gasteiger partial charge in [0.25, 0.3) is 5.91 Å². The zero-order chi connectivity index (χ0) is 27.8. The van der Waals surface area contributed by atoms with Gasteiger partial charge in [0, 0.05) is 46.2 Å². The largest absolute Gasteiger partial charge is 0.381 e. The summed E-state index contributed by atoms with van der Waals surface area (Å²) < 4.78 is 7.09. The van der Waals surface area contributed by atoms with Crippen molar-refractivity contribution in [3.8, 4) is 0 Å². The highest BCUT2D eigenvalue weighted by Crippen LogP contribution is 2.58. The van der Waals surface area contributed by atoms with E-state index in [1.165, 1.54) is 11.1 Å². The molecule has 2 heterocycles. The smallest absolute Gasteiger partial charge is 0.270 e. The van der Waals surface area contributed by atoms with Crippen molar-refractivity contribution in [2.75, 3.05) is 32.6 Å². The molecule has 0 spiro atoms. The predicted octanol–water partition coefficient (Wildman–Crippen LogP) is 3.51. The van der Waals surface area contributed by atoms with Crippen LogP contribution in [0.2, 0.25) is 0 Å². The van der Waals surface area contributed by atoms with Crippen molar-refractivity contribution in [3.63, 3.8) is 0 Å². The Morgan fingerprint density at radius 1 is 1.05 bits per heavy atom. The first kappa shape index (κ1) is 27.4. The molecule has 3 amide bonds. The topological polar surface area (TPSA) is 106 Å². The molecule has 3 fully saturated rings. The van der Waals surface area contributed by atoms with Gasteiger partial charge in [-0.2, -0.15) is 5.10 Å². The quantitative estimate of drug-likeness (QED) is 0.511. The number of hydrogen-bond acceptors (Lipinski definition) is 5. The Labute approximate surface area is 230 Å². The summed E-state index contributed by atoms with van der Waals surface area (Å²) in [5.41, 5.74) is 1.44. The lowest BCUT2D eigenvalue weighted by molar-refractivity contribution is -0.138. The molecular formula is C30H41N5O4. The van der Waals surface area contributed by atoms with Crippen LogP contribution in [0.1, 0.15) is 67.9 Å². The second-order valence-corrected chi connectivity index (χ2v) is 12.1. The highest BCUT2D eigenvalue weighted by Gasteiger charge is 2.54. The van der Waals surface area contributed by atoms with Gasteiger partial charge in [0.15, 0.2) is 0 Å². The minimum atomic E-state index is -0.651. The zero-order valence-electron chi connectivity index (χ0n) is 23.5. The van der Waals surface area contributed by atoms with Crippen LogP contribution in [0.5, 0.6) is 0 Å². The molecule has 0 radical (unpaired) electrons. The molecule has 5 rings (SSSR count). The fourth-order valence-corrected chi connectivity index (χ4v) is 6.57. The number of anilines is 1. The van der Waals surface area contributed by atoms with Gasteiger partial charge in [-0.1, -0.05) is 38.3 Å². The maximum absolute atomic E-state index is 13.9. The van der Waals surface area contributed by atoms with Crippen LogP contribution in [0.15, 0.2) is 36.5 Å². The van der Waals surface area contributed by atoms with Crippen LogP contribution in [0.3, 0.4) is 0 Å². The van der Waals surface area contributed by atoms with E-state index in [2.05, 4.69) is 22.7 Å². The third kappa shape index (κ3) is 5.33. The number of ether oxygens (including phenoxy) is 1.